The maximum Gasteiger partial charge on any atom is 0.150 e. The number of halogens is 1. The molecule has 0 aliphatic carbocycles. The second kappa shape index (κ2) is 2.44. The van der Waals surface area contributed by atoms with Gasteiger partial charge in [-0.15, -0.1) is 0 Å². The Labute approximate surface area is 68.0 Å². The van der Waals surface area contributed by atoms with E-state index in [9.17, 15) is 9.18 Å². The summed E-state index contributed by atoms with van der Waals surface area (Å²) in [6, 6.07) is 4.58. The van der Waals surface area contributed by atoms with Crippen LogP contribution in [-0.2, 0) is 0 Å². The first-order chi connectivity index (χ1) is 5.81. The van der Waals surface area contributed by atoms with E-state index in [-0.39, 0.29) is 5.82 Å². The van der Waals surface area contributed by atoms with Gasteiger partial charge in [0.25, 0.3) is 0 Å². The molecular weight excluding hydrogens is 157 g/mol. The van der Waals surface area contributed by atoms with Crippen molar-refractivity contribution in [2.24, 2.45) is 0 Å². The summed E-state index contributed by atoms with van der Waals surface area (Å²) in [5.74, 6) is -0.389. The summed E-state index contributed by atoms with van der Waals surface area (Å²) < 4.78 is 13.1. The summed E-state index contributed by atoms with van der Waals surface area (Å²) >= 11 is 0. The first-order valence-corrected chi connectivity index (χ1v) is 3.53. The largest absolute Gasteiger partial charge is 0.359 e. The number of aldehydes is 1. The summed E-state index contributed by atoms with van der Waals surface area (Å²) in [6.07, 6.45) is 2.28. The zero-order valence-corrected chi connectivity index (χ0v) is 6.17. The van der Waals surface area contributed by atoms with Gasteiger partial charge in [0.2, 0.25) is 0 Å². The van der Waals surface area contributed by atoms with E-state index in [4.69, 9.17) is 0 Å². The van der Waals surface area contributed by atoms with Crippen LogP contribution in [0.15, 0.2) is 24.4 Å². The smallest absolute Gasteiger partial charge is 0.150 e. The van der Waals surface area contributed by atoms with Gasteiger partial charge in [-0.3, -0.25) is 4.79 Å². The van der Waals surface area contributed by atoms with Crippen LogP contribution in [0.2, 0.25) is 0 Å². The van der Waals surface area contributed by atoms with Crippen LogP contribution in [0, 0.1) is 5.82 Å². The molecule has 1 aromatic heterocycles. The Morgan fingerprint density at radius 3 is 3.00 bits per heavy atom. The number of benzene rings is 1. The van der Waals surface area contributed by atoms with Gasteiger partial charge < -0.3 is 4.98 Å². The molecule has 3 heteroatoms. The van der Waals surface area contributed by atoms with Crippen molar-refractivity contribution in [2.45, 2.75) is 0 Å². The van der Waals surface area contributed by atoms with Crippen LogP contribution in [0.3, 0.4) is 0 Å². The summed E-state index contributed by atoms with van der Waals surface area (Å²) in [5.41, 5.74) is 0.806. The number of aromatic amines is 1. The molecule has 1 heterocycles. The predicted molar refractivity (Wildman–Crippen MR) is 43.6 cm³/mol. The number of rotatable bonds is 1. The summed E-state index contributed by atoms with van der Waals surface area (Å²) in [5, 5.41) is 0.720. The SMILES string of the molecule is O=Cc1cc(F)c2[nH]ccc2c1. The average Bonchev–Trinajstić information content (AvgIpc) is 2.52. The second-order valence-corrected chi connectivity index (χ2v) is 2.56. The van der Waals surface area contributed by atoms with Crippen LogP contribution in [-0.4, -0.2) is 11.3 Å². The predicted octanol–water partition coefficient (Wildman–Crippen LogP) is 2.12. The Kier molecular flexibility index (Phi) is 1.43. The number of aromatic nitrogens is 1. The zero-order chi connectivity index (χ0) is 8.55. The quantitative estimate of drug-likeness (QED) is 0.641. The van der Waals surface area contributed by atoms with Crippen molar-refractivity contribution in [1.29, 1.82) is 0 Å². The van der Waals surface area contributed by atoms with Crippen molar-refractivity contribution < 1.29 is 9.18 Å². The van der Waals surface area contributed by atoms with E-state index in [1.165, 1.54) is 6.07 Å². The molecule has 0 bridgehead atoms. The molecule has 0 spiro atoms. The lowest BCUT2D eigenvalue weighted by atomic mass is 10.2. The Bertz CT molecular complexity index is 433. The molecule has 0 fully saturated rings. The third-order valence-corrected chi connectivity index (χ3v) is 1.77. The minimum absolute atomic E-state index is 0.361. The molecule has 12 heavy (non-hydrogen) atoms. The highest BCUT2D eigenvalue weighted by atomic mass is 19.1. The summed E-state index contributed by atoms with van der Waals surface area (Å²) in [4.78, 5) is 13.1. The van der Waals surface area contributed by atoms with Crippen molar-refractivity contribution in [3.63, 3.8) is 0 Å². The minimum Gasteiger partial charge on any atom is -0.359 e. The van der Waals surface area contributed by atoms with E-state index in [1.807, 2.05) is 0 Å². The van der Waals surface area contributed by atoms with Crippen LogP contribution in [0.1, 0.15) is 10.4 Å². The Morgan fingerprint density at radius 2 is 2.25 bits per heavy atom. The number of hydrogen-bond donors (Lipinski definition) is 1. The van der Waals surface area contributed by atoms with E-state index in [1.54, 1.807) is 18.3 Å². The molecule has 0 unspecified atom stereocenters. The van der Waals surface area contributed by atoms with Crippen molar-refractivity contribution in [2.75, 3.05) is 0 Å². The number of carbonyl (C=O) groups is 1. The molecule has 0 saturated carbocycles. The molecule has 0 atom stereocenters. The number of H-pyrrole nitrogens is 1. The molecule has 2 aromatic rings. The number of nitrogens with one attached hydrogen (secondary N) is 1. The van der Waals surface area contributed by atoms with E-state index in [2.05, 4.69) is 4.98 Å². The Hall–Kier alpha value is -1.64. The monoisotopic (exact) mass is 163 g/mol. The van der Waals surface area contributed by atoms with Gasteiger partial charge in [0.05, 0.1) is 5.52 Å². The maximum atomic E-state index is 13.1. The molecule has 0 saturated heterocycles. The fraction of sp³-hybridized carbons (Fsp3) is 0. The number of carbonyl (C=O) groups excluding carboxylic acids is 1. The number of fused-ring (bicyclic) bond motifs is 1. The van der Waals surface area contributed by atoms with Crippen molar-refractivity contribution in [3.8, 4) is 0 Å². The molecule has 0 aliphatic heterocycles. The third-order valence-electron chi connectivity index (χ3n) is 1.77. The van der Waals surface area contributed by atoms with E-state index < -0.39 is 0 Å². The van der Waals surface area contributed by atoms with E-state index in [0.717, 1.165) is 5.39 Å². The molecule has 1 aromatic carbocycles. The Balaban J connectivity index is 2.83. The van der Waals surface area contributed by atoms with E-state index in [0.29, 0.717) is 17.4 Å². The van der Waals surface area contributed by atoms with Crippen molar-refractivity contribution >= 4 is 17.2 Å². The fourth-order valence-corrected chi connectivity index (χ4v) is 1.22. The lowest BCUT2D eigenvalue weighted by Crippen LogP contribution is -1.83. The van der Waals surface area contributed by atoms with Crippen LogP contribution in [0.5, 0.6) is 0 Å². The van der Waals surface area contributed by atoms with Crippen LogP contribution >= 0.6 is 0 Å². The van der Waals surface area contributed by atoms with Crippen LogP contribution < -0.4 is 0 Å². The molecule has 1 N–H and O–H groups in total. The lowest BCUT2D eigenvalue weighted by molar-refractivity contribution is 0.112. The maximum absolute atomic E-state index is 13.1. The molecule has 60 valence electrons. The van der Waals surface area contributed by atoms with Gasteiger partial charge in [0.1, 0.15) is 12.1 Å². The van der Waals surface area contributed by atoms with Gasteiger partial charge >= 0.3 is 0 Å². The molecule has 0 amide bonds. The zero-order valence-electron chi connectivity index (χ0n) is 6.17. The van der Waals surface area contributed by atoms with Gasteiger partial charge in [-0.2, -0.15) is 0 Å². The highest BCUT2D eigenvalue weighted by Crippen LogP contribution is 2.17. The van der Waals surface area contributed by atoms with Crippen molar-refractivity contribution in [1.82, 2.24) is 4.98 Å². The minimum atomic E-state index is -0.389. The second-order valence-electron chi connectivity index (χ2n) is 2.56. The van der Waals surface area contributed by atoms with Gasteiger partial charge in [0.15, 0.2) is 0 Å². The molecule has 2 rings (SSSR count). The van der Waals surface area contributed by atoms with Gasteiger partial charge in [0, 0.05) is 17.1 Å². The first kappa shape index (κ1) is 7.03. The van der Waals surface area contributed by atoms with Crippen LogP contribution in [0.4, 0.5) is 4.39 Å². The first-order valence-electron chi connectivity index (χ1n) is 3.53. The standard InChI is InChI=1S/C9H6FNO/c10-8-4-6(5-12)3-7-1-2-11-9(7)8/h1-5,11H. The molecule has 2 nitrogen and oxygen atoms in total. The fourth-order valence-electron chi connectivity index (χ4n) is 1.22. The van der Waals surface area contributed by atoms with Crippen molar-refractivity contribution in [3.05, 3.63) is 35.8 Å². The lowest BCUT2D eigenvalue weighted by Gasteiger charge is -1.93. The highest BCUT2D eigenvalue weighted by molar-refractivity contribution is 5.87. The topological polar surface area (TPSA) is 32.9 Å². The van der Waals surface area contributed by atoms with Gasteiger partial charge in [-0.25, -0.2) is 4.39 Å². The van der Waals surface area contributed by atoms with Gasteiger partial charge in [-0.1, -0.05) is 0 Å². The Morgan fingerprint density at radius 1 is 1.42 bits per heavy atom. The normalized spacial score (nSPS) is 10.4. The van der Waals surface area contributed by atoms with Crippen LogP contribution in [0.25, 0.3) is 10.9 Å². The molecular formula is C9H6FNO. The summed E-state index contributed by atoms with van der Waals surface area (Å²) in [6.45, 7) is 0. The third kappa shape index (κ3) is 0.906. The average molecular weight is 163 g/mol. The molecule has 0 aliphatic rings. The summed E-state index contributed by atoms with van der Waals surface area (Å²) in [7, 11) is 0. The van der Waals surface area contributed by atoms with E-state index >= 15 is 0 Å². The van der Waals surface area contributed by atoms with Gasteiger partial charge in [-0.05, 0) is 18.2 Å². The highest BCUT2D eigenvalue weighted by Gasteiger charge is 2.02. The molecule has 0 radical (unpaired) electrons. The number of hydrogen-bond acceptors (Lipinski definition) is 1.